The monoisotopic (exact) mass is 315 g/mol. The molecule has 3 aromatic rings. The Morgan fingerprint density at radius 1 is 1.30 bits per heavy atom. The Morgan fingerprint density at radius 2 is 2.13 bits per heavy atom. The Bertz CT molecular complexity index is 818. The molecule has 120 valence electrons. The van der Waals surface area contributed by atoms with Gasteiger partial charge in [-0.2, -0.15) is 0 Å². The topological polar surface area (TPSA) is 55.3 Å². The predicted molar refractivity (Wildman–Crippen MR) is 82.5 cm³/mol. The third kappa shape index (κ3) is 2.86. The minimum absolute atomic E-state index is 0.294. The minimum atomic E-state index is -0.294. The molecule has 0 saturated carbocycles. The van der Waals surface area contributed by atoms with Crippen molar-refractivity contribution < 1.29 is 13.3 Å². The third-order valence-electron chi connectivity index (χ3n) is 4.48. The van der Waals surface area contributed by atoms with Crippen LogP contribution in [0.25, 0.3) is 11.0 Å². The Balaban J connectivity index is 1.44. The number of likely N-dealkylation sites (tertiary alicyclic amines) is 1. The quantitative estimate of drug-likeness (QED) is 0.738. The zero-order chi connectivity index (χ0) is 15.8. The van der Waals surface area contributed by atoms with Gasteiger partial charge in [-0.05, 0) is 38.1 Å². The summed E-state index contributed by atoms with van der Waals surface area (Å²) in [5.74, 6) is 1.67. The van der Waals surface area contributed by atoms with Crippen molar-refractivity contribution in [2.24, 2.45) is 0 Å². The van der Waals surface area contributed by atoms with Crippen molar-refractivity contribution in [3.8, 4) is 0 Å². The van der Waals surface area contributed by atoms with Crippen LogP contribution in [0.15, 0.2) is 33.3 Å². The van der Waals surface area contributed by atoms with Crippen LogP contribution in [0, 0.1) is 12.7 Å². The first-order chi connectivity index (χ1) is 11.2. The van der Waals surface area contributed by atoms with Crippen molar-refractivity contribution in [3.05, 3.63) is 47.6 Å². The van der Waals surface area contributed by atoms with Crippen LogP contribution in [0.1, 0.15) is 36.1 Å². The van der Waals surface area contributed by atoms with Crippen LogP contribution in [0.2, 0.25) is 0 Å². The van der Waals surface area contributed by atoms with Gasteiger partial charge in [0.2, 0.25) is 0 Å². The van der Waals surface area contributed by atoms with Gasteiger partial charge >= 0.3 is 0 Å². The smallest absolute Gasteiger partial charge is 0.191 e. The summed E-state index contributed by atoms with van der Waals surface area (Å²) < 4.78 is 24.1. The molecule has 1 fully saturated rings. The molecule has 0 amide bonds. The second-order valence-corrected chi connectivity index (χ2v) is 6.10. The minimum Gasteiger partial charge on any atom is -0.445 e. The van der Waals surface area contributed by atoms with Gasteiger partial charge in [0.1, 0.15) is 11.6 Å². The number of piperidine rings is 1. The molecule has 0 N–H and O–H groups in total. The number of hydrogen-bond acceptors (Lipinski definition) is 5. The highest BCUT2D eigenvalue weighted by atomic mass is 19.1. The second-order valence-electron chi connectivity index (χ2n) is 6.10. The first kappa shape index (κ1) is 14.4. The van der Waals surface area contributed by atoms with Crippen LogP contribution in [0.5, 0.6) is 0 Å². The predicted octanol–water partition coefficient (Wildman–Crippen LogP) is 3.64. The summed E-state index contributed by atoms with van der Waals surface area (Å²) in [5, 5.41) is 5.11. The van der Waals surface area contributed by atoms with E-state index in [1.807, 2.05) is 6.92 Å². The fraction of sp³-hybridized carbons (Fsp3) is 0.412. The molecule has 3 heterocycles. The molecule has 0 unspecified atom stereocenters. The molecule has 0 bridgehead atoms. The molecule has 0 radical (unpaired) electrons. The van der Waals surface area contributed by atoms with E-state index in [4.69, 9.17) is 8.94 Å². The molecule has 0 atom stereocenters. The van der Waals surface area contributed by atoms with Gasteiger partial charge in [-0.25, -0.2) is 9.37 Å². The van der Waals surface area contributed by atoms with Crippen molar-refractivity contribution in [2.45, 2.75) is 32.2 Å². The van der Waals surface area contributed by atoms with Crippen LogP contribution in [0.3, 0.4) is 0 Å². The fourth-order valence-electron chi connectivity index (χ4n) is 3.29. The van der Waals surface area contributed by atoms with Gasteiger partial charge in [0, 0.05) is 24.3 Å². The van der Waals surface area contributed by atoms with E-state index < -0.39 is 0 Å². The van der Waals surface area contributed by atoms with E-state index in [2.05, 4.69) is 15.0 Å². The number of aromatic nitrogens is 2. The summed E-state index contributed by atoms with van der Waals surface area (Å²) in [5.41, 5.74) is 1.48. The fourth-order valence-corrected chi connectivity index (χ4v) is 3.29. The third-order valence-corrected chi connectivity index (χ3v) is 4.48. The van der Waals surface area contributed by atoms with Crippen LogP contribution < -0.4 is 0 Å². The van der Waals surface area contributed by atoms with E-state index in [9.17, 15) is 4.39 Å². The molecule has 0 aliphatic carbocycles. The van der Waals surface area contributed by atoms with Crippen LogP contribution in [0.4, 0.5) is 4.39 Å². The molecule has 1 aromatic carbocycles. The molecule has 0 spiro atoms. The first-order valence-corrected chi connectivity index (χ1v) is 7.87. The number of oxazole rings is 1. The number of rotatable bonds is 3. The second kappa shape index (κ2) is 5.77. The maximum Gasteiger partial charge on any atom is 0.191 e. The molecule has 5 nitrogen and oxygen atoms in total. The molecular formula is C17H18FN3O2. The number of hydrogen-bond donors (Lipinski definition) is 0. The molecular weight excluding hydrogens is 297 g/mol. The van der Waals surface area contributed by atoms with E-state index in [0.717, 1.165) is 49.3 Å². The highest BCUT2D eigenvalue weighted by Gasteiger charge is 2.25. The van der Waals surface area contributed by atoms with Gasteiger partial charge in [-0.1, -0.05) is 5.16 Å². The van der Waals surface area contributed by atoms with Gasteiger partial charge in [0.15, 0.2) is 11.5 Å². The zero-order valence-electron chi connectivity index (χ0n) is 13.0. The highest BCUT2D eigenvalue weighted by molar-refractivity contribution is 5.79. The summed E-state index contributed by atoms with van der Waals surface area (Å²) in [6.45, 7) is 4.59. The first-order valence-electron chi connectivity index (χ1n) is 7.87. The van der Waals surface area contributed by atoms with Crippen LogP contribution >= 0.6 is 0 Å². The van der Waals surface area contributed by atoms with Crippen molar-refractivity contribution >= 4 is 11.0 Å². The van der Waals surface area contributed by atoms with Crippen molar-refractivity contribution in [3.63, 3.8) is 0 Å². The SMILES string of the molecule is Cc1ncc(CN2CCC(c3noc4cc(F)ccc34)CC2)o1. The molecule has 1 saturated heterocycles. The van der Waals surface area contributed by atoms with E-state index in [1.165, 1.54) is 12.1 Å². The van der Waals surface area contributed by atoms with Crippen molar-refractivity contribution in [2.75, 3.05) is 13.1 Å². The van der Waals surface area contributed by atoms with Gasteiger partial charge in [-0.15, -0.1) is 0 Å². The van der Waals surface area contributed by atoms with Crippen molar-refractivity contribution in [1.82, 2.24) is 15.0 Å². The van der Waals surface area contributed by atoms with Gasteiger partial charge in [0.05, 0.1) is 18.4 Å². The maximum absolute atomic E-state index is 13.2. The van der Waals surface area contributed by atoms with Crippen LogP contribution in [-0.4, -0.2) is 28.1 Å². The van der Waals surface area contributed by atoms with Crippen LogP contribution in [-0.2, 0) is 6.54 Å². The van der Waals surface area contributed by atoms with Gasteiger partial charge in [0.25, 0.3) is 0 Å². The van der Waals surface area contributed by atoms with E-state index in [1.54, 1.807) is 12.3 Å². The number of nitrogens with zero attached hydrogens (tertiary/aromatic N) is 3. The van der Waals surface area contributed by atoms with Gasteiger partial charge in [-0.3, -0.25) is 4.90 Å². The summed E-state index contributed by atoms with van der Waals surface area (Å²) in [7, 11) is 0. The average molecular weight is 315 g/mol. The number of benzene rings is 1. The Hall–Kier alpha value is -2.21. The average Bonchev–Trinajstić information content (AvgIpc) is 3.14. The molecule has 1 aliphatic heterocycles. The molecule has 1 aliphatic rings. The van der Waals surface area contributed by atoms with E-state index in [0.29, 0.717) is 17.4 Å². The Kier molecular flexibility index (Phi) is 3.61. The Labute approximate surface area is 133 Å². The van der Waals surface area contributed by atoms with E-state index in [-0.39, 0.29) is 5.82 Å². The Morgan fingerprint density at radius 3 is 2.87 bits per heavy atom. The standard InChI is InChI=1S/C17H18FN3O2/c1-11-19-9-14(22-11)10-21-6-4-12(5-7-21)17-15-3-2-13(18)8-16(15)23-20-17/h2-3,8-9,12H,4-7,10H2,1H3. The maximum atomic E-state index is 13.2. The number of halogens is 1. The molecule has 6 heteroatoms. The van der Waals surface area contributed by atoms with E-state index >= 15 is 0 Å². The number of aryl methyl sites for hydroxylation is 1. The zero-order valence-corrected chi connectivity index (χ0v) is 13.0. The van der Waals surface area contributed by atoms with Gasteiger partial charge < -0.3 is 8.94 Å². The normalized spacial score (nSPS) is 17.1. The lowest BCUT2D eigenvalue weighted by atomic mass is 9.91. The lowest BCUT2D eigenvalue weighted by Crippen LogP contribution is -2.32. The lowest BCUT2D eigenvalue weighted by molar-refractivity contribution is 0.187. The molecule has 2 aromatic heterocycles. The summed E-state index contributed by atoms with van der Waals surface area (Å²) in [6.07, 6.45) is 3.80. The summed E-state index contributed by atoms with van der Waals surface area (Å²) >= 11 is 0. The largest absolute Gasteiger partial charge is 0.445 e. The summed E-state index contributed by atoms with van der Waals surface area (Å²) in [6, 6.07) is 4.62. The number of fused-ring (bicyclic) bond motifs is 1. The molecule has 4 rings (SSSR count). The van der Waals surface area contributed by atoms with Crippen molar-refractivity contribution in [1.29, 1.82) is 0 Å². The highest BCUT2D eigenvalue weighted by Crippen LogP contribution is 2.33. The summed E-state index contributed by atoms with van der Waals surface area (Å²) in [4.78, 5) is 6.49. The lowest BCUT2D eigenvalue weighted by Gasteiger charge is -2.30. The molecule has 23 heavy (non-hydrogen) atoms.